The number of carbonyl (C=O) groups excluding carboxylic acids is 1. The molecule has 0 radical (unpaired) electrons. The van der Waals surface area contributed by atoms with Crippen molar-refractivity contribution in [1.29, 1.82) is 0 Å². The summed E-state index contributed by atoms with van der Waals surface area (Å²) in [7, 11) is 0. The Kier molecular flexibility index (Phi) is 5.32. The zero-order valence-electron chi connectivity index (χ0n) is 15.2. The van der Waals surface area contributed by atoms with Crippen molar-refractivity contribution in [2.24, 2.45) is 0 Å². The van der Waals surface area contributed by atoms with Crippen LogP contribution >= 0.6 is 11.3 Å². The average molecular weight is 378 g/mol. The lowest BCUT2D eigenvalue weighted by molar-refractivity contribution is 0.0715. The van der Waals surface area contributed by atoms with E-state index in [9.17, 15) is 4.79 Å². The zero-order valence-corrected chi connectivity index (χ0v) is 16.0. The van der Waals surface area contributed by atoms with Crippen LogP contribution in [0.1, 0.15) is 29.4 Å². The molecule has 0 aliphatic carbocycles. The quantitative estimate of drug-likeness (QED) is 0.695. The fourth-order valence-corrected chi connectivity index (χ4v) is 4.33. The van der Waals surface area contributed by atoms with Gasteiger partial charge < -0.3 is 10.1 Å². The van der Waals surface area contributed by atoms with E-state index in [-0.39, 0.29) is 18.1 Å². The summed E-state index contributed by atoms with van der Waals surface area (Å²) in [5, 5.41) is 3.97. The third-order valence-corrected chi connectivity index (χ3v) is 5.89. The number of amides is 1. The van der Waals surface area contributed by atoms with Gasteiger partial charge in [-0.2, -0.15) is 0 Å². The summed E-state index contributed by atoms with van der Waals surface area (Å²) in [5.74, 6) is -0.0865. The lowest BCUT2D eigenvalue weighted by Gasteiger charge is -2.19. The van der Waals surface area contributed by atoms with E-state index in [0.29, 0.717) is 4.88 Å². The van der Waals surface area contributed by atoms with E-state index < -0.39 is 0 Å². The Morgan fingerprint density at radius 1 is 1.11 bits per heavy atom. The second-order valence-corrected chi connectivity index (χ2v) is 7.74. The summed E-state index contributed by atoms with van der Waals surface area (Å²) in [4.78, 5) is 18.5. The summed E-state index contributed by atoms with van der Waals surface area (Å²) < 4.78 is 5.71. The van der Waals surface area contributed by atoms with Gasteiger partial charge in [-0.05, 0) is 19.8 Å². The van der Waals surface area contributed by atoms with Crippen LogP contribution in [-0.2, 0) is 4.74 Å². The predicted octanol–water partition coefficient (Wildman–Crippen LogP) is 4.77. The molecule has 138 valence electrons. The van der Waals surface area contributed by atoms with Crippen molar-refractivity contribution in [3.8, 4) is 21.8 Å². The van der Waals surface area contributed by atoms with Crippen LogP contribution in [0.5, 0.6) is 0 Å². The molecule has 2 aromatic carbocycles. The number of benzene rings is 2. The van der Waals surface area contributed by atoms with Crippen molar-refractivity contribution >= 4 is 17.2 Å². The topological polar surface area (TPSA) is 51.2 Å². The van der Waals surface area contributed by atoms with E-state index in [1.165, 1.54) is 11.3 Å². The highest BCUT2D eigenvalue weighted by molar-refractivity contribution is 7.17. The summed E-state index contributed by atoms with van der Waals surface area (Å²) in [6.45, 7) is 2.79. The Bertz CT molecular complexity index is 903. The summed E-state index contributed by atoms with van der Waals surface area (Å²) >= 11 is 1.44. The molecule has 2 heterocycles. The number of thiazole rings is 1. The van der Waals surface area contributed by atoms with E-state index in [2.05, 4.69) is 5.32 Å². The smallest absolute Gasteiger partial charge is 0.263 e. The highest BCUT2D eigenvalue weighted by atomic mass is 32.1. The second kappa shape index (κ2) is 8.03. The fraction of sp³-hybridized carbons (Fsp3) is 0.273. The molecular weight excluding hydrogens is 356 g/mol. The SMILES string of the molecule is C[C@@H](NC(=O)c1sc(-c2ccccc2)nc1-c1ccccc1)[C@@H]1CCCO1. The maximum absolute atomic E-state index is 13.1. The van der Waals surface area contributed by atoms with E-state index in [1.807, 2.05) is 67.6 Å². The number of hydrogen-bond acceptors (Lipinski definition) is 4. The Morgan fingerprint density at radius 3 is 2.41 bits per heavy atom. The van der Waals surface area contributed by atoms with Crippen LogP contribution in [0.15, 0.2) is 60.7 Å². The van der Waals surface area contributed by atoms with E-state index in [1.54, 1.807) is 0 Å². The number of ether oxygens (including phenoxy) is 1. The largest absolute Gasteiger partial charge is 0.376 e. The van der Waals surface area contributed by atoms with Crippen molar-refractivity contribution in [2.45, 2.75) is 31.9 Å². The van der Waals surface area contributed by atoms with Gasteiger partial charge in [-0.1, -0.05) is 60.7 Å². The maximum Gasteiger partial charge on any atom is 0.263 e. The molecule has 1 fully saturated rings. The van der Waals surface area contributed by atoms with Crippen molar-refractivity contribution in [1.82, 2.24) is 10.3 Å². The molecular formula is C22H22N2O2S. The third-order valence-electron chi connectivity index (χ3n) is 4.78. The van der Waals surface area contributed by atoms with Gasteiger partial charge in [-0.25, -0.2) is 4.98 Å². The van der Waals surface area contributed by atoms with Crippen LogP contribution in [0.25, 0.3) is 21.8 Å². The van der Waals surface area contributed by atoms with Crippen LogP contribution < -0.4 is 5.32 Å². The van der Waals surface area contributed by atoms with Crippen molar-refractivity contribution in [3.05, 3.63) is 65.5 Å². The number of rotatable bonds is 5. The highest BCUT2D eigenvalue weighted by Gasteiger charge is 2.26. The molecule has 3 aromatic rings. The van der Waals surface area contributed by atoms with Gasteiger partial charge in [0.1, 0.15) is 9.88 Å². The van der Waals surface area contributed by atoms with Gasteiger partial charge in [-0.15, -0.1) is 11.3 Å². The molecule has 1 aliphatic heterocycles. The van der Waals surface area contributed by atoms with E-state index in [0.717, 1.165) is 41.3 Å². The fourth-order valence-electron chi connectivity index (χ4n) is 3.33. The Labute approximate surface area is 163 Å². The predicted molar refractivity (Wildman–Crippen MR) is 109 cm³/mol. The molecule has 1 aliphatic rings. The summed E-state index contributed by atoms with van der Waals surface area (Å²) in [6, 6.07) is 19.8. The third kappa shape index (κ3) is 3.94. The first kappa shape index (κ1) is 17.9. The summed E-state index contributed by atoms with van der Waals surface area (Å²) in [6.07, 6.45) is 2.14. The van der Waals surface area contributed by atoms with Gasteiger partial charge in [-0.3, -0.25) is 4.79 Å². The maximum atomic E-state index is 13.1. The van der Waals surface area contributed by atoms with Crippen molar-refractivity contribution in [2.75, 3.05) is 6.61 Å². The molecule has 27 heavy (non-hydrogen) atoms. The lowest BCUT2D eigenvalue weighted by atomic mass is 10.1. The average Bonchev–Trinajstić information content (AvgIpc) is 3.40. The minimum absolute atomic E-state index is 0.0223. The number of carbonyl (C=O) groups is 1. The number of aromatic nitrogens is 1. The molecule has 4 rings (SSSR count). The standard InChI is InChI=1S/C22H22N2O2S/c1-15(18-13-8-14-26-18)23-21(25)20-19(16-9-4-2-5-10-16)24-22(27-20)17-11-6-3-7-12-17/h2-7,9-12,15,18H,8,13-14H2,1H3,(H,23,25)/t15-,18+/m1/s1. The molecule has 5 heteroatoms. The van der Waals surface area contributed by atoms with Gasteiger partial charge >= 0.3 is 0 Å². The Balaban J connectivity index is 1.67. The van der Waals surface area contributed by atoms with Crippen molar-refractivity contribution in [3.63, 3.8) is 0 Å². The van der Waals surface area contributed by atoms with Crippen LogP contribution in [0.2, 0.25) is 0 Å². The van der Waals surface area contributed by atoms with Crippen LogP contribution in [0, 0.1) is 0 Å². The highest BCUT2D eigenvalue weighted by Crippen LogP contribution is 2.34. The molecule has 1 saturated heterocycles. The Hall–Kier alpha value is -2.50. The number of hydrogen-bond donors (Lipinski definition) is 1. The number of nitrogens with one attached hydrogen (secondary N) is 1. The van der Waals surface area contributed by atoms with Gasteiger partial charge in [0.05, 0.1) is 17.8 Å². The molecule has 1 N–H and O–H groups in total. The normalized spacial score (nSPS) is 17.6. The molecule has 4 nitrogen and oxygen atoms in total. The lowest BCUT2D eigenvalue weighted by Crippen LogP contribution is -2.40. The number of nitrogens with zero attached hydrogens (tertiary/aromatic N) is 1. The summed E-state index contributed by atoms with van der Waals surface area (Å²) in [5.41, 5.74) is 2.70. The molecule has 1 amide bonds. The monoisotopic (exact) mass is 378 g/mol. The van der Waals surface area contributed by atoms with Crippen LogP contribution in [0.4, 0.5) is 0 Å². The minimum Gasteiger partial charge on any atom is -0.376 e. The Morgan fingerprint density at radius 2 is 1.78 bits per heavy atom. The first-order valence-electron chi connectivity index (χ1n) is 9.26. The van der Waals surface area contributed by atoms with Gasteiger partial charge in [0.15, 0.2) is 0 Å². The molecule has 0 unspecified atom stereocenters. The molecule has 0 bridgehead atoms. The van der Waals surface area contributed by atoms with Gasteiger partial charge in [0.2, 0.25) is 0 Å². The van der Waals surface area contributed by atoms with Gasteiger partial charge in [0.25, 0.3) is 5.91 Å². The minimum atomic E-state index is -0.0865. The second-order valence-electron chi connectivity index (χ2n) is 6.74. The molecule has 0 spiro atoms. The van der Waals surface area contributed by atoms with Gasteiger partial charge in [0, 0.05) is 17.7 Å². The van der Waals surface area contributed by atoms with Crippen LogP contribution in [0.3, 0.4) is 0 Å². The van der Waals surface area contributed by atoms with Crippen molar-refractivity contribution < 1.29 is 9.53 Å². The zero-order chi connectivity index (χ0) is 18.6. The molecule has 1 aromatic heterocycles. The van der Waals surface area contributed by atoms with E-state index in [4.69, 9.17) is 9.72 Å². The molecule has 2 atom stereocenters. The first-order chi connectivity index (χ1) is 13.2. The van der Waals surface area contributed by atoms with Crippen LogP contribution in [-0.4, -0.2) is 29.6 Å². The van der Waals surface area contributed by atoms with E-state index >= 15 is 0 Å². The first-order valence-corrected chi connectivity index (χ1v) is 10.1. The molecule has 0 saturated carbocycles.